The number of hydrogen-bond donors (Lipinski definition) is 1. The number of ether oxygens (including phenoxy) is 1. The minimum absolute atomic E-state index is 0.184. The Balaban J connectivity index is 0.00000116. The molecule has 0 saturated carbocycles. The molecule has 0 atom stereocenters. The fourth-order valence-corrected chi connectivity index (χ4v) is 3.06. The van der Waals surface area contributed by atoms with Gasteiger partial charge in [0.1, 0.15) is 6.10 Å². The number of nitrogens with zero attached hydrogens (tertiary/aromatic N) is 1. The zero-order valence-corrected chi connectivity index (χ0v) is 14.6. The molecule has 22 heavy (non-hydrogen) atoms. The highest BCUT2D eigenvalue weighted by Gasteiger charge is 2.46. The van der Waals surface area contributed by atoms with Crippen molar-refractivity contribution in [3.05, 3.63) is 35.9 Å². The van der Waals surface area contributed by atoms with Gasteiger partial charge in [0, 0.05) is 23.9 Å². The maximum absolute atomic E-state index is 12.1. The van der Waals surface area contributed by atoms with Gasteiger partial charge in [-0.15, -0.1) is 0 Å². The van der Waals surface area contributed by atoms with Crippen LogP contribution >= 0.6 is 0 Å². The molecular weight excluding hydrogens is 278 g/mol. The summed E-state index contributed by atoms with van der Waals surface area (Å²) < 4.78 is 5.62. The third-order valence-electron chi connectivity index (χ3n) is 3.88. The molecule has 1 saturated heterocycles. The molecule has 1 heterocycles. The number of piperidine rings is 1. The van der Waals surface area contributed by atoms with E-state index >= 15 is 0 Å². The van der Waals surface area contributed by atoms with Crippen LogP contribution in [0.2, 0.25) is 0 Å². The van der Waals surface area contributed by atoms with Gasteiger partial charge in [0.2, 0.25) is 0 Å². The van der Waals surface area contributed by atoms with Gasteiger partial charge in [-0.3, -0.25) is 0 Å². The largest absolute Gasteiger partial charge is 0.459 e. The first-order valence-corrected chi connectivity index (χ1v) is 7.98. The van der Waals surface area contributed by atoms with Crippen LogP contribution in [0.15, 0.2) is 30.3 Å². The first kappa shape index (κ1) is 18.7. The van der Waals surface area contributed by atoms with Crippen LogP contribution < -0.4 is 0 Å². The van der Waals surface area contributed by atoms with E-state index in [2.05, 4.69) is 0 Å². The summed E-state index contributed by atoms with van der Waals surface area (Å²) in [6.07, 6.45) is 1.05. The van der Waals surface area contributed by atoms with E-state index in [-0.39, 0.29) is 12.1 Å². The molecule has 0 amide bonds. The summed E-state index contributed by atoms with van der Waals surface area (Å²) in [5, 5.41) is 11.6. The Labute approximate surface area is 134 Å². The number of carbonyl (C=O) groups excluding carboxylic acids is 1. The second-order valence-corrected chi connectivity index (χ2v) is 6.74. The molecule has 4 nitrogen and oxygen atoms in total. The van der Waals surface area contributed by atoms with Gasteiger partial charge in [0.25, 0.3) is 0 Å². The van der Waals surface area contributed by atoms with E-state index in [1.165, 1.54) is 5.06 Å². The van der Waals surface area contributed by atoms with Crippen molar-refractivity contribution >= 4 is 5.97 Å². The van der Waals surface area contributed by atoms with Crippen LogP contribution in [0.25, 0.3) is 0 Å². The number of rotatable bonds is 2. The van der Waals surface area contributed by atoms with E-state index in [0.29, 0.717) is 18.4 Å². The Hall–Kier alpha value is -1.39. The molecular formula is C18H29NO3. The van der Waals surface area contributed by atoms with Gasteiger partial charge in [-0.05, 0) is 39.8 Å². The summed E-state index contributed by atoms with van der Waals surface area (Å²) in [4.78, 5) is 12.1. The lowest BCUT2D eigenvalue weighted by atomic mass is 9.80. The average Bonchev–Trinajstić information content (AvgIpc) is 2.47. The minimum Gasteiger partial charge on any atom is -0.459 e. The van der Waals surface area contributed by atoms with Gasteiger partial charge >= 0.3 is 5.97 Å². The number of hydroxylamine groups is 2. The van der Waals surface area contributed by atoms with Crippen LogP contribution in [0.5, 0.6) is 0 Å². The average molecular weight is 307 g/mol. The molecule has 1 aromatic carbocycles. The van der Waals surface area contributed by atoms with Crippen molar-refractivity contribution in [2.45, 2.75) is 71.6 Å². The Morgan fingerprint density at radius 3 is 2.00 bits per heavy atom. The van der Waals surface area contributed by atoms with Gasteiger partial charge in [-0.25, -0.2) is 4.79 Å². The number of esters is 1. The van der Waals surface area contributed by atoms with Crippen LogP contribution in [-0.2, 0) is 4.74 Å². The van der Waals surface area contributed by atoms with Gasteiger partial charge in [0.05, 0.1) is 5.56 Å². The van der Waals surface area contributed by atoms with E-state index in [9.17, 15) is 10.0 Å². The number of carbonyl (C=O) groups is 1. The molecule has 0 radical (unpaired) electrons. The van der Waals surface area contributed by atoms with E-state index in [4.69, 9.17) is 4.74 Å². The summed E-state index contributed by atoms with van der Waals surface area (Å²) >= 11 is 0. The molecule has 2 rings (SSSR count). The summed E-state index contributed by atoms with van der Waals surface area (Å²) in [6, 6.07) is 9.01. The lowest BCUT2D eigenvalue weighted by Crippen LogP contribution is -2.60. The Morgan fingerprint density at radius 2 is 1.55 bits per heavy atom. The van der Waals surface area contributed by atoms with E-state index in [0.717, 1.165) is 0 Å². The molecule has 4 heteroatoms. The van der Waals surface area contributed by atoms with Crippen LogP contribution in [0.1, 0.15) is 64.7 Å². The Bertz CT molecular complexity index is 464. The van der Waals surface area contributed by atoms with Crippen LogP contribution in [-0.4, -0.2) is 33.4 Å². The van der Waals surface area contributed by atoms with Gasteiger partial charge < -0.3 is 9.94 Å². The van der Waals surface area contributed by atoms with Crippen molar-refractivity contribution < 1.29 is 14.7 Å². The normalized spacial score (nSPS) is 20.7. The van der Waals surface area contributed by atoms with Crippen molar-refractivity contribution in [3.63, 3.8) is 0 Å². The maximum atomic E-state index is 12.1. The minimum atomic E-state index is -0.413. The summed E-state index contributed by atoms with van der Waals surface area (Å²) in [6.45, 7) is 11.8. The van der Waals surface area contributed by atoms with Crippen molar-refractivity contribution in [3.8, 4) is 0 Å². The van der Waals surface area contributed by atoms with E-state index in [1.54, 1.807) is 12.1 Å². The maximum Gasteiger partial charge on any atom is 0.338 e. The molecule has 1 fully saturated rings. The monoisotopic (exact) mass is 307 g/mol. The van der Waals surface area contributed by atoms with E-state index < -0.39 is 11.1 Å². The van der Waals surface area contributed by atoms with Crippen molar-refractivity contribution in [2.24, 2.45) is 0 Å². The van der Waals surface area contributed by atoms with Gasteiger partial charge in [-0.1, -0.05) is 32.0 Å². The smallest absolute Gasteiger partial charge is 0.338 e. The third kappa shape index (κ3) is 4.31. The highest BCUT2D eigenvalue weighted by atomic mass is 16.5. The lowest BCUT2D eigenvalue weighted by molar-refractivity contribution is -0.256. The van der Waals surface area contributed by atoms with Crippen LogP contribution in [0.3, 0.4) is 0 Å². The van der Waals surface area contributed by atoms with Gasteiger partial charge in [-0.2, -0.15) is 5.06 Å². The molecule has 1 aliphatic rings. The summed E-state index contributed by atoms with van der Waals surface area (Å²) in [7, 11) is 0. The molecule has 1 aliphatic heterocycles. The second kappa shape index (κ2) is 7.25. The molecule has 0 spiro atoms. The van der Waals surface area contributed by atoms with Crippen LogP contribution in [0, 0.1) is 0 Å². The summed E-state index contributed by atoms with van der Waals surface area (Å²) in [5.41, 5.74) is -0.262. The van der Waals surface area contributed by atoms with Crippen molar-refractivity contribution in [2.75, 3.05) is 0 Å². The van der Waals surface area contributed by atoms with Crippen LogP contribution in [0.4, 0.5) is 0 Å². The standard InChI is InChI=1S/C16H23NO3.C2H6/c1-15(2)10-13(11-16(3,4)17(15)19)20-14(18)12-8-6-5-7-9-12;1-2/h5-9,13,19H,10-11H2,1-4H3;1-2H3. The zero-order valence-electron chi connectivity index (χ0n) is 14.6. The Kier molecular flexibility index (Phi) is 6.15. The first-order valence-electron chi connectivity index (χ1n) is 7.98. The molecule has 0 bridgehead atoms. The quantitative estimate of drug-likeness (QED) is 0.829. The molecule has 124 valence electrons. The Morgan fingerprint density at radius 1 is 1.09 bits per heavy atom. The van der Waals surface area contributed by atoms with Crippen molar-refractivity contribution in [1.82, 2.24) is 5.06 Å². The number of benzene rings is 1. The molecule has 0 unspecified atom stereocenters. The second-order valence-electron chi connectivity index (χ2n) is 6.74. The SMILES string of the molecule is CC.CC1(C)CC(OC(=O)c2ccccc2)CC(C)(C)N1O. The summed E-state index contributed by atoms with van der Waals surface area (Å²) in [5.74, 6) is -0.298. The number of hydrogen-bond acceptors (Lipinski definition) is 4. The molecule has 0 aromatic heterocycles. The molecule has 1 aromatic rings. The highest BCUT2D eigenvalue weighted by Crippen LogP contribution is 2.38. The highest BCUT2D eigenvalue weighted by molar-refractivity contribution is 5.89. The molecule has 1 N–H and O–H groups in total. The zero-order chi connectivity index (χ0) is 17.0. The lowest BCUT2D eigenvalue weighted by Gasteiger charge is -2.50. The predicted molar refractivity (Wildman–Crippen MR) is 88.0 cm³/mol. The first-order chi connectivity index (χ1) is 10.2. The van der Waals surface area contributed by atoms with Gasteiger partial charge in [0.15, 0.2) is 0 Å². The predicted octanol–water partition coefficient (Wildman–Crippen LogP) is 4.28. The van der Waals surface area contributed by atoms with Crippen molar-refractivity contribution in [1.29, 1.82) is 0 Å². The van der Waals surface area contributed by atoms with E-state index in [1.807, 2.05) is 59.7 Å². The topological polar surface area (TPSA) is 49.8 Å². The fourth-order valence-electron chi connectivity index (χ4n) is 3.06. The fraction of sp³-hybridized carbons (Fsp3) is 0.611. The molecule has 0 aliphatic carbocycles. The third-order valence-corrected chi connectivity index (χ3v) is 3.88.